The van der Waals surface area contributed by atoms with Gasteiger partial charge in [-0.25, -0.2) is 4.79 Å². The number of rotatable bonds is 2. The Hall–Kier alpha value is -1.56. The fraction of sp³-hybridized carbons (Fsp3) is 0.600. The molecule has 3 N–H and O–H groups in total. The normalized spacial score (nSPS) is 19.6. The maximum Gasteiger partial charge on any atom is 0.327 e. The van der Waals surface area contributed by atoms with Crippen molar-refractivity contribution in [3.05, 3.63) is 26.4 Å². The SMILES string of the molecule is CC1CCc2c([nH]c(=O)[nH]c2=O)N1CCO. The minimum absolute atomic E-state index is 0.00138. The highest BCUT2D eigenvalue weighted by atomic mass is 16.3. The molecule has 0 aliphatic carbocycles. The Balaban J connectivity index is 2.54. The summed E-state index contributed by atoms with van der Waals surface area (Å²) in [4.78, 5) is 29.5. The van der Waals surface area contributed by atoms with Gasteiger partial charge < -0.3 is 10.0 Å². The summed E-state index contributed by atoms with van der Waals surface area (Å²) in [5, 5.41) is 8.98. The molecule has 1 aliphatic heterocycles. The van der Waals surface area contributed by atoms with Gasteiger partial charge in [-0.05, 0) is 19.8 Å². The minimum Gasteiger partial charge on any atom is -0.395 e. The molecular formula is C10H15N3O3. The van der Waals surface area contributed by atoms with Crippen molar-refractivity contribution >= 4 is 5.82 Å². The van der Waals surface area contributed by atoms with Gasteiger partial charge in [-0.15, -0.1) is 0 Å². The van der Waals surface area contributed by atoms with Crippen molar-refractivity contribution in [3.63, 3.8) is 0 Å². The van der Waals surface area contributed by atoms with Gasteiger partial charge in [0, 0.05) is 12.6 Å². The van der Waals surface area contributed by atoms with Crippen molar-refractivity contribution in [1.29, 1.82) is 0 Å². The molecule has 0 aromatic carbocycles. The Morgan fingerprint density at radius 1 is 1.44 bits per heavy atom. The molecule has 1 atom stereocenters. The van der Waals surface area contributed by atoms with Gasteiger partial charge in [0.1, 0.15) is 5.82 Å². The van der Waals surface area contributed by atoms with Gasteiger partial charge in [0.2, 0.25) is 0 Å². The lowest BCUT2D eigenvalue weighted by Crippen LogP contribution is -2.44. The molecule has 16 heavy (non-hydrogen) atoms. The molecular weight excluding hydrogens is 210 g/mol. The quantitative estimate of drug-likeness (QED) is 0.614. The number of hydrogen-bond acceptors (Lipinski definition) is 4. The standard InChI is InChI=1S/C10H15N3O3/c1-6-2-3-7-8(13(6)4-5-14)11-10(16)12-9(7)15/h6,14H,2-5H2,1H3,(H2,11,12,15,16). The van der Waals surface area contributed by atoms with Crippen LogP contribution in [0.2, 0.25) is 0 Å². The average molecular weight is 225 g/mol. The molecule has 1 aromatic heterocycles. The summed E-state index contributed by atoms with van der Waals surface area (Å²) in [5.41, 5.74) is -0.222. The second kappa shape index (κ2) is 4.13. The second-order valence-corrected chi connectivity index (χ2v) is 4.04. The van der Waals surface area contributed by atoms with Crippen LogP contribution in [0.5, 0.6) is 0 Å². The van der Waals surface area contributed by atoms with E-state index in [-0.39, 0.29) is 18.2 Å². The summed E-state index contributed by atoms with van der Waals surface area (Å²) in [7, 11) is 0. The highest BCUT2D eigenvalue weighted by Gasteiger charge is 2.25. The van der Waals surface area contributed by atoms with Crippen LogP contribution in [0.4, 0.5) is 5.82 Å². The smallest absolute Gasteiger partial charge is 0.327 e. The summed E-state index contributed by atoms with van der Waals surface area (Å²) in [6.07, 6.45) is 1.51. The van der Waals surface area contributed by atoms with Crippen molar-refractivity contribution < 1.29 is 5.11 Å². The van der Waals surface area contributed by atoms with E-state index in [4.69, 9.17) is 5.11 Å². The van der Waals surface area contributed by atoms with E-state index in [9.17, 15) is 9.59 Å². The van der Waals surface area contributed by atoms with Gasteiger partial charge in [0.15, 0.2) is 0 Å². The number of anilines is 1. The molecule has 6 nitrogen and oxygen atoms in total. The number of aromatic amines is 2. The summed E-state index contributed by atoms with van der Waals surface area (Å²) >= 11 is 0. The third-order valence-corrected chi connectivity index (χ3v) is 2.99. The number of β-amino-alcohol motifs (C(OH)–C–C–N with tert-alkyl or cyclic N) is 1. The van der Waals surface area contributed by atoms with Crippen molar-refractivity contribution in [3.8, 4) is 0 Å². The minimum atomic E-state index is -0.499. The molecule has 0 spiro atoms. The second-order valence-electron chi connectivity index (χ2n) is 4.04. The summed E-state index contributed by atoms with van der Waals surface area (Å²) < 4.78 is 0. The number of nitrogens with one attached hydrogen (secondary N) is 2. The molecule has 0 radical (unpaired) electrons. The van der Waals surface area contributed by atoms with Gasteiger partial charge in [0.05, 0.1) is 12.2 Å². The molecule has 6 heteroatoms. The number of fused-ring (bicyclic) bond motifs is 1. The Bertz CT molecular complexity index is 491. The van der Waals surface area contributed by atoms with Crippen molar-refractivity contribution in [2.45, 2.75) is 25.8 Å². The van der Waals surface area contributed by atoms with Crippen LogP contribution in [0.25, 0.3) is 0 Å². The number of aliphatic hydroxyl groups excluding tert-OH is 1. The Morgan fingerprint density at radius 3 is 2.88 bits per heavy atom. The van der Waals surface area contributed by atoms with E-state index in [0.717, 1.165) is 6.42 Å². The van der Waals surface area contributed by atoms with Crippen LogP contribution in [0.15, 0.2) is 9.59 Å². The van der Waals surface area contributed by atoms with E-state index in [1.54, 1.807) is 0 Å². The van der Waals surface area contributed by atoms with Crippen LogP contribution < -0.4 is 16.1 Å². The molecule has 0 saturated carbocycles. The number of hydrogen-bond donors (Lipinski definition) is 3. The van der Waals surface area contributed by atoms with E-state index in [1.807, 2.05) is 11.8 Å². The Labute approximate surface area is 91.9 Å². The van der Waals surface area contributed by atoms with Crippen LogP contribution in [-0.2, 0) is 6.42 Å². The van der Waals surface area contributed by atoms with Gasteiger partial charge >= 0.3 is 5.69 Å². The fourth-order valence-electron chi connectivity index (χ4n) is 2.15. The third kappa shape index (κ3) is 1.76. The monoisotopic (exact) mass is 225 g/mol. The molecule has 0 bridgehead atoms. The topological polar surface area (TPSA) is 89.2 Å². The number of aromatic nitrogens is 2. The zero-order valence-electron chi connectivity index (χ0n) is 9.12. The summed E-state index contributed by atoms with van der Waals surface area (Å²) in [5.74, 6) is 0.557. The Morgan fingerprint density at radius 2 is 2.19 bits per heavy atom. The van der Waals surface area contributed by atoms with Crippen molar-refractivity contribution in [2.75, 3.05) is 18.1 Å². The number of nitrogens with zero attached hydrogens (tertiary/aromatic N) is 1. The fourth-order valence-corrected chi connectivity index (χ4v) is 2.15. The van der Waals surface area contributed by atoms with Crippen molar-refractivity contribution in [1.82, 2.24) is 9.97 Å². The molecule has 1 unspecified atom stereocenters. The lowest BCUT2D eigenvalue weighted by Gasteiger charge is -2.35. The highest BCUT2D eigenvalue weighted by molar-refractivity contribution is 5.48. The molecule has 0 fully saturated rings. The largest absolute Gasteiger partial charge is 0.395 e. The third-order valence-electron chi connectivity index (χ3n) is 2.99. The van der Waals surface area contributed by atoms with Gasteiger partial charge in [-0.3, -0.25) is 14.8 Å². The Kier molecular flexibility index (Phi) is 2.82. The molecule has 1 aromatic rings. The first-order chi connectivity index (χ1) is 7.63. The van der Waals surface area contributed by atoms with E-state index < -0.39 is 5.69 Å². The zero-order valence-corrected chi connectivity index (χ0v) is 9.12. The first-order valence-corrected chi connectivity index (χ1v) is 5.36. The lowest BCUT2D eigenvalue weighted by atomic mass is 10.0. The average Bonchev–Trinajstić information content (AvgIpc) is 2.22. The molecule has 2 rings (SSSR count). The number of H-pyrrole nitrogens is 2. The highest BCUT2D eigenvalue weighted by Crippen LogP contribution is 2.24. The van der Waals surface area contributed by atoms with E-state index in [2.05, 4.69) is 9.97 Å². The molecule has 2 heterocycles. The van der Waals surface area contributed by atoms with Gasteiger partial charge in [-0.1, -0.05) is 0 Å². The van der Waals surface area contributed by atoms with E-state index in [1.165, 1.54) is 0 Å². The van der Waals surface area contributed by atoms with E-state index >= 15 is 0 Å². The number of aliphatic hydroxyl groups is 1. The van der Waals surface area contributed by atoms with E-state index in [0.29, 0.717) is 24.3 Å². The maximum atomic E-state index is 11.6. The van der Waals surface area contributed by atoms with Gasteiger partial charge in [0.25, 0.3) is 5.56 Å². The first-order valence-electron chi connectivity index (χ1n) is 5.36. The maximum absolute atomic E-state index is 11.6. The first kappa shape index (κ1) is 10.9. The molecule has 1 aliphatic rings. The predicted molar refractivity (Wildman–Crippen MR) is 59.9 cm³/mol. The lowest BCUT2D eigenvalue weighted by molar-refractivity contribution is 0.295. The molecule has 0 amide bonds. The zero-order chi connectivity index (χ0) is 11.7. The van der Waals surface area contributed by atoms with Crippen LogP contribution in [0.3, 0.4) is 0 Å². The van der Waals surface area contributed by atoms with Crippen LogP contribution in [0.1, 0.15) is 18.9 Å². The molecule has 0 saturated heterocycles. The van der Waals surface area contributed by atoms with Crippen molar-refractivity contribution in [2.24, 2.45) is 0 Å². The van der Waals surface area contributed by atoms with Gasteiger partial charge in [-0.2, -0.15) is 0 Å². The summed E-state index contributed by atoms with van der Waals surface area (Å²) in [6.45, 7) is 2.43. The van der Waals surface area contributed by atoms with Crippen LogP contribution >= 0.6 is 0 Å². The predicted octanol–water partition coefficient (Wildman–Crippen LogP) is -0.803. The van der Waals surface area contributed by atoms with Crippen LogP contribution in [0, 0.1) is 0 Å². The molecule has 88 valence electrons. The van der Waals surface area contributed by atoms with Crippen LogP contribution in [-0.4, -0.2) is 34.3 Å². The summed E-state index contributed by atoms with van der Waals surface area (Å²) in [6, 6.07) is 0.220.